The summed E-state index contributed by atoms with van der Waals surface area (Å²) in [6.45, 7) is 16.9. The molecule has 0 radical (unpaired) electrons. The van der Waals surface area contributed by atoms with E-state index in [1.165, 1.54) is 55.3 Å². The summed E-state index contributed by atoms with van der Waals surface area (Å²) >= 11 is 0. The van der Waals surface area contributed by atoms with Crippen LogP contribution in [-0.2, 0) is 10.8 Å². The van der Waals surface area contributed by atoms with E-state index < -0.39 is 0 Å². The number of hydrogen-bond acceptors (Lipinski definition) is 0. The topological polar surface area (TPSA) is 0 Å². The third-order valence-electron chi connectivity index (χ3n) is 9.59. The molecular formula is C34H33B. The quantitative estimate of drug-likeness (QED) is 0.278. The lowest BCUT2D eigenvalue weighted by Crippen LogP contribution is -2.61. The first-order chi connectivity index (χ1) is 16.6. The van der Waals surface area contributed by atoms with Gasteiger partial charge in [-0.3, -0.25) is 0 Å². The maximum absolute atomic E-state index is 2.44. The highest BCUT2D eigenvalue weighted by atomic mass is 14.5. The van der Waals surface area contributed by atoms with E-state index in [4.69, 9.17) is 0 Å². The predicted octanol–water partition coefficient (Wildman–Crippen LogP) is 5.90. The van der Waals surface area contributed by atoms with E-state index in [-0.39, 0.29) is 17.5 Å². The summed E-state index contributed by atoms with van der Waals surface area (Å²) in [4.78, 5) is 0. The zero-order chi connectivity index (χ0) is 24.4. The Morgan fingerprint density at radius 2 is 0.971 bits per heavy atom. The predicted molar refractivity (Wildman–Crippen MR) is 150 cm³/mol. The number of hydrogen-bond donors (Lipinski definition) is 0. The van der Waals surface area contributed by atoms with Crippen LogP contribution in [0, 0.1) is 20.8 Å². The van der Waals surface area contributed by atoms with Gasteiger partial charge >= 0.3 is 0 Å². The fourth-order valence-electron chi connectivity index (χ4n) is 8.22. The molecule has 0 spiro atoms. The van der Waals surface area contributed by atoms with E-state index in [2.05, 4.69) is 115 Å². The van der Waals surface area contributed by atoms with Gasteiger partial charge in [0.2, 0.25) is 6.71 Å². The minimum atomic E-state index is -0.0189. The molecule has 1 heteroatoms. The molecule has 172 valence electrons. The second-order valence-corrected chi connectivity index (χ2v) is 12.3. The molecule has 0 nitrogen and oxygen atoms in total. The summed E-state index contributed by atoms with van der Waals surface area (Å²) in [5, 5.41) is 0. The summed E-state index contributed by atoms with van der Waals surface area (Å²) in [5.74, 6) is 0.335. The van der Waals surface area contributed by atoms with Crippen LogP contribution < -0.4 is 16.4 Å². The molecule has 4 aromatic rings. The largest absolute Gasteiger partial charge is 0.242 e. The molecule has 35 heavy (non-hydrogen) atoms. The van der Waals surface area contributed by atoms with Gasteiger partial charge in [0, 0.05) is 16.7 Å². The van der Waals surface area contributed by atoms with Crippen molar-refractivity contribution in [2.24, 2.45) is 0 Å². The van der Waals surface area contributed by atoms with Gasteiger partial charge < -0.3 is 0 Å². The molecule has 0 saturated carbocycles. The first kappa shape index (κ1) is 21.2. The fraction of sp³-hybridized carbons (Fsp3) is 0.294. The van der Waals surface area contributed by atoms with E-state index in [1.807, 2.05) is 0 Å². The molecule has 0 atom stereocenters. The zero-order valence-corrected chi connectivity index (χ0v) is 22.0. The first-order valence-electron chi connectivity index (χ1n) is 13.1. The average Bonchev–Trinajstić information content (AvgIpc) is 2.81. The van der Waals surface area contributed by atoms with E-state index in [9.17, 15) is 0 Å². The van der Waals surface area contributed by atoms with Gasteiger partial charge in [-0.05, 0) is 59.7 Å². The van der Waals surface area contributed by atoms with Gasteiger partial charge in [-0.15, -0.1) is 0 Å². The van der Waals surface area contributed by atoms with Gasteiger partial charge in [0.05, 0.1) is 0 Å². The molecule has 0 saturated heterocycles. The van der Waals surface area contributed by atoms with Crippen molar-refractivity contribution in [2.75, 3.05) is 0 Å². The summed E-state index contributed by atoms with van der Waals surface area (Å²) in [6, 6.07) is 26.2. The van der Waals surface area contributed by atoms with Crippen LogP contribution in [0.15, 0.2) is 66.7 Å². The van der Waals surface area contributed by atoms with Crippen LogP contribution in [0.25, 0.3) is 0 Å². The van der Waals surface area contributed by atoms with Crippen LogP contribution in [0.2, 0.25) is 0 Å². The van der Waals surface area contributed by atoms with Crippen molar-refractivity contribution in [1.82, 2.24) is 0 Å². The van der Waals surface area contributed by atoms with Crippen molar-refractivity contribution in [2.45, 2.75) is 65.2 Å². The molecule has 0 aromatic heterocycles. The SMILES string of the molecule is Cc1cc(C)c(B2c3cccc4c3C3c5c2cccc5C(C)(C)c2cccc(c23)C4(C)C)c(C)c1. The lowest BCUT2D eigenvalue weighted by Gasteiger charge is -2.51. The second kappa shape index (κ2) is 6.58. The molecular weight excluding hydrogens is 419 g/mol. The Morgan fingerprint density at radius 3 is 1.43 bits per heavy atom. The number of benzene rings is 4. The molecule has 2 aliphatic carbocycles. The van der Waals surface area contributed by atoms with Crippen LogP contribution in [0.5, 0.6) is 0 Å². The van der Waals surface area contributed by atoms with Gasteiger partial charge in [-0.1, -0.05) is 128 Å². The van der Waals surface area contributed by atoms with Crippen molar-refractivity contribution >= 4 is 23.1 Å². The Hall–Kier alpha value is -3.06. The van der Waals surface area contributed by atoms with Crippen molar-refractivity contribution in [3.05, 3.63) is 122 Å². The Balaban J connectivity index is 1.68. The van der Waals surface area contributed by atoms with Gasteiger partial charge in [-0.25, -0.2) is 0 Å². The zero-order valence-electron chi connectivity index (χ0n) is 22.0. The van der Waals surface area contributed by atoms with Crippen LogP contribution in [-0.4, -0.2) is 6.71 Å². The van der Waals surface area contributed by atoms with Crippen molar-refractivity contribution in [3.63, 3.8) is 0 Å². The average molecular weight is 452 g/mol. The molecule has 0 fully saturated rings. The minimum absolute atomic E-state index is 0.0189. The maximum Gasteiger partial charge on any atom is 0.242 e. The third-order valence-corrected chi connectivity index (χ3v) is 9.59. The van der Waals surface area contributed by atoms with E-state index in [1.54, 1.807) is 16.7 Å². The molecule has 1 heterocycles. The lowest BCUT2D eigenvalue weighted by molar-refractivity contribution is 0.549. The molecule has 0 unspecified atom stereocenters. The standard InChI is InChI=1S/C34H33B/c1-19-17-20(2)32(21(3)18-19)35-26-15-9-13-24-29(26)31-28-22(33(24,4)5)11-8-12-23(28)34(6,7)25-14-10-16-27(35)30(25)31/h8-18,31H,1-7H3. The summed E-state index contributed by atoms with van der Waals surface area (Å²) in [5.41, 5.74) is 19.4. The summed E-state index contributed by atoms with van der Waals surface area (Å²) < 4.78 is 0. The van der Waals surface area contributed by atoms with Crippen LogP contribution >= 0.6 is 0 Å². The highest BCUT2D eigenvalue weighted by Gasteiger charge is 2.51. The Kier molecular flexibility index (Phi) is 3.99. The molecule has 1 aliphatic heterocycles. The molecule has 7 rings (SSSR count). The van der Waals surface area contributed by atoms with Gasteiger partial charge in [0.15, 0.2) is 0 Å². The van der Waals surface area contributed by atoms with Crippen molar-refractivity contribution < 1.29 is 0 Å². The minimum Gasteiger partial charge on any atom is -0.0666 e. The van der Waals surface area contributed by atoms with Gasteiger partial charge in [0.1, 0.15) is 0 Å². The van der Waals surface area contributed by atoms with E-state index >= 15 is 0 Å². The first-order valence-corrected chi connectivity index (χ1v) is 13.1. The van der Waals surface area contributed by atoms with Gasteiger partial charge in [0.25, 0.3) is 0 Å². The monoisotopic (exact) mass is 452 g/mol. The van der Waals surface area contributed by atoms with Crippen LogP contribution in [0.4, 0.5) is 0 Å². The Bertz CT molecular complexity index is 1470. The Labute approximate surface area is 210 Å². The molecule has 4 aromatic carbocycles. The fourth-order valence-corrected chi connectivity index (χ4v) is 8.22. The molecule has 0 amide bonds. The summed E-state index contributed by atoms with van der Waals surface area (Å²) in [7, 11) is 0. The highest BCUT2D eigenvalue weighted by Crippen LogP contribution is 2.57. The van der Waals surface area contributed by atoms with Crippen molar-refractivity contribution in [1.29, 1.82) is 0 Å². The molecule has 3 aliphatic rings. The smallest absolute Gasteiger partial charge is 0.0666 e. The van der Waals surface area contributed by atoms with E-state index in [0.29, 0.717) is 5.92 Å². The number of rotatable bonds is 1. The number of aryl methyl sites for hydroxylation is 3. The van der Waals surface area contributed by atoms with Crippen LogP contribution in [0.3, 0.4) is 0 Å². The second-order valence-electron chi connectivity index (χ2n) is 12.3. The highest BCUT2D eigenvalue weighted by molar-refractivity contribution is 6.97. The Morgan fingerprint density at radius 1 is 0.571 bits per heavy atom. The third kappa shape index (κ3) is 2.45. The lowest BCUT2D eigenvalue weighted by atomic mass is 9.29. The normalized spacial score (nSPS) is 17.9. The van der Waals surface area contributed by atoms with Crippen molar-refractivity contribution in [3.8, 4) is 0 Å². The molecule has 0 bridgehead atoms. The summed E-state index contributed by atoms with van der Waals surface area (Å²) in [6.07, 6.45) is 0. The van der Waals surface area contributed by atoms with Crippen LogP contribution in [0.1, 0.15) is 89.2 Å². The molecule has 0 N–H and O–H groups in total. The van der Waals surface area contributed by atoms with E-state index in [0.717, 1.165) is 0 Å². The van der Waals surface area contributed by atoms with Gasteiger partial charge in [-0.2, -0.15) is 0 Å². The maximum atomic E-state index is 2.44.